The Hall–Kier alpha value is -5.28. The van der Waals surface area contributed by atoms with Crippen molar-refractivity contribution in [2.75, 3.05) is 23.2 Å². The van der Waals surface area contributed by atoms with E-state index < -0.39 is 43.3 Å². The summed E-state index contributed by atoms with van der Waals surface area (Å²) in [5.41, 5.74) is 0.446. The maximum atomic E-state index is 12.3. The normalized spacial score (nSPS) is 11.0. The van der Waals surface area contributed by atoms with Crippen LogP contribution in [0.5, 0.6) is 17.2 Å². The molecule has 0 aliphatic carbocycles. The molecule has 0 aromatic heterocycles. The third-order valence-electron chi connectivity index (χ3n) is 6.01. The van der Waals surface area contributed by atoms with Crippen LogP contribution in [0, 0.1) is 6.92 Å². The maximum Gasteiger partial charge on any atom is 0.339 e. The summed E-state index contributed by atoms with van der Waals surface area (Å²) < 4.78 is 63.9. The quantitative estimate of drug-likeness (QED) is 0.139. The zero-order valence-electron chi connectivity index (χ0n) is 24.2. The van der Waals surface area contributed by atoms with Gasteiger partial charge in [0.2, 0.25) is 0 Å². The predicted octanol–water partition coefficient (Wildman–Crippen LogP) is 4.79. The molecule has 0 aliphatic rings. The van der Waals surface area contributed by atoms with E-state index in [9.17, 15) is 31.5 Å². The van der Waals surface area contributed by atoms with Crippen molar-refractivity contribution >= 4 is 43.4 Å². The molecule has 0 spiro atoms. The first-order chi connectivity index (χ1) is 21.2. The molecule has 0 saturated heterocycles. The number of carboxylic acids is 2. The Morgan fingerprint density at radius 1 is 0.689 bits per heavy atom. The molecule has 4 rings (SSSR count). The molecule has 0 heterocycles. The lowest BCUT2D eigenvalue weighted by atomic mass is 10.1. The van der Waals surface area contributed by atoms with Crippen LogP contribution in [-0.2, 0) is 20.0 Å². The summed E-state index contributed by atoms with van der Waals surface area (Å²) in [5, 5.41) is 27.4. The summed E-state index contributed by atoms with van der Waals surface area (Å²) in [6.07, 6.45) is 0. The highest BCUT2D eigenvalue weighted by atomic mass is 32.2. The van der Waals surface area contributed by atoms with Crippen LogP contribution in [0.15, 0.2) is 94.7 Å². The average Bonchev–Trinajstić information content (AvgIpc) is 2.99. The van der Waals surface area contributed by atoms with Gasteiger partial charge in [-0.25, -0.2) is 26.4 Å². The number of nitrogens with one attached hydrogen (secondary N) is 2. The van der Waals surface area contributed by atoms with Crippen molar-refractivity contribution in [2.24, 2.45) is 0 Å². The van der Waals surface area contributed by atoms with Crippen LogP contribution in [0.3, 0.4) is 0 Å². The van der Waals surface area contributed by atoms with Crippen molar-refractivity contribution in [3.05, 3.63) is 102 Å². The van der Waals surface area contributed by atoms with E-state index in [1.165, 1.54) is 61.7 Å². The third kappa shape index (κ3) is 9.11. The summed E-state index contributed by atoms with van der Waals surface area (Å²) in [6, 6.07) is 19.5. The van der Waals surface area contributed by atoms with Gasteiger partial charge in [0.25, 0.3) is 20.0 Å². The Kier molecular flexibility index (Phi) is 11.0. The van der Waals surface area contributed by atoms with Crippen LogP contribution in [0.4, 0.5) is 11.4 Å². The monoisotopic (exact) mass is 658 g/mol. The number of hydrogen-bond acceptors (Lipinski definition) is 9. The molecule has 238 valence electrons. The summed E-state index contributed by atoms with van der Waals surface area (Å²) in [5.74, 6) is -1.82. The molecule has 5 N–H and O–H groups in total. The van der Waals surface area contributed by atoms with Gasteiger partial charge in [0, 0.05) is 11.4 Å². The molecule has 0 bridgehead atoms. The Morgan fingerprint density at radius 2 is 1.13 bits per heavy atom. The van der Waals surface area contributed by atoms with E-state index in [2.05, 4.69) is 9.44 Å². The van der Waals surface area contributed by atoms with Gasteiger partial charge in [0.15, 0.2) is 0 Å². The standard InChI is InChI=1S/C16H17NO5S.C14H13NO6S/c1-3-22-13-6-8-14(9-7-13)23(20,21)17-12-5-4-11(2)15(10-12)16(18)19;1-21-10-3-5-11(6-4-10)22(19,20)15-9-2-7-13(16)12(8-9)14(17)18/h4-10,17H,3H2,1-2H3,(H,18,19);2-8,15-16H,1H3,(H,17,18). The Labute approximate surface area is 259 Å². The van der Waals surface area contributed by atoms with Crippen molar-refractivity contribution in [1.82, 2.24) is 0 Å². The highest BCUT2D eigenvalue weighted by Crippen LogP contribution is 2.25. The van der Waals surface area contributed by atoms with Crippen LogP contribution in [-0.4, -0.2) is 57.8 Å². The maximum absolute atomic E-state index is 12.3. The molecule has 0 fully saturated rings. The molecule has 13 nitrogen and oxygen atoms in total. The first kappa shape index (κ1) is 34.2. The third-order valence-corrected chi connectivity index (χ3v) is 8.81. The zero-order valence-corrected chi connectivity index (χ0v) is 25.8. The van der Waals surface area contributed by atoms with E-state index in [0.29, 0.717) is 23.7 Å². The molecule has 0 unspecified atom stereocenters. The number of hydrogen-bond donors (Lipinski definition) is 5. The second kappa shape index (κ2) is 14.5. The first-order valence-electron chi connectivity index (χ1n) is 13.0. The summed E-state index contributed by atoms with van der Waals surface area (Å²) in [7, 11) is -6.21. The van der Waals surface area contributed by atoms with Gasteiger partial charge in [0.1, 0.15) is 22.8 Å². The van der Waals surface area contributed by atoms with Crippen LogP contribution in [0.1, 0.15) is 33.2 Å². The van der Waals surface area contributed by atoms with Gasteiger partial charge in [0.05, 0.1) is 29.1 Å². The lowest BCUT2D eigenvalue weighted by Gasteiger charge is -2.10. The van der Waals surface area contributed by atoms with Crippen molar-refractivity contribution < 1.29 is 51.2 Å². The minimum atomic E-state index is -3.87. The fraction of sp³-hybridized carbons (Fsp3) is 0.133. The fourth-order valence-corrected chi connectivity index (χ4v) is 5.85. The van der Waals surface area contributed by atoms with E-state index in [4.69, 9.17) is 19.7 Å². The number of aryl methyl sites for hydroxylation is 1. The van der Waals surface area contributed by atoms with Gasteiger partial charge >= 0.3 is 11.9 Å². The molecular formula is C30H30N2O11S2. The van der Waals surface area contributed by atoms with Crippen LogP contribution >= 0.6 is 0 Å². The van der Waals surface area contributed by atoms with Gasteiger partial charge in [-0.05, 0) is 98.3 Å². The fourth-order valence-electron chi connectivity index (χ4n) is 3.75. The van der Waals surface area contributed by atoms with E-state index in [-0.39, 0.29) is 26.7 Å². The zero-order chi connectivity index (χ0) is 33.4. The summed E-state index contributed by atoms with van der Waals surface area (Å²) in [4.78, 5) is 22.1. The number of phenols is 1. The van der Waals surface area contributed by atoms with E-state index in [1.54, 1.807) is 25.1 Å². The Balaban J connectivity index is 0.000000246. The smallest absolute Gasteiger partial charge is 0.339 e. The van der Waals surface area contributed by atoms with Crippen molar-refractivity contribution in [2.45, 2.75) is 23.6 Å². The highest BCUT2D eigenvalue weighted by molar-refractivity contribution is 7.93. The molecule has 0 amide bonds. The number of benzene rings is 4. The number of aromatic hydroxyl groups is 1. The van der Waals surface area contributed by atoms with Crippen LogP contribution in [0.25, 0.3) is 0 Å². The largest absolute Gasteiger partial charge is 0.507 e. The Bertz CT molecular complexity index is 1890. The lowest BCUT2D eigenvalue weighted by Crippen LogP contribution is -2.13. The van der Waals surface area contributed by atoms with Gasteiger partial charge in [-0.2, -0.15) is 0 Å². The van der Waals surface area contributed by atoms with Gasteiger partial charge in [-0.1, -0.05) is 6.07 Å². The molecule has 15 heteroatoms. The molecule has 0 atom stereocenters. The van der Waals surface area contributed by atoms with Crippen LogP contribution in [0.2, 0.25) is 0 Å². The average molecular weight is 659 g/mol. The number of carboxylic acid groups (broad SMARTS) is 2. The van der Waals surface area contributed by atoms with Crippen molar-refractivity contribution in [3.8, 4) is 17.2 Å². The number of sulfonamides is 2. The summed E-state index contributed by atoms with van der Waals surface area (Å²) in [6.45, 7) is 3.98. The van der Waals surface area contributed by atoms with E-state index in [1.807, 2.05) is 6.92 Å². The molecule has 4 aromatic rings. The molecule has 0 radical (unpaired) electrons. The molecule has 0 saturated carbocycles. The minimum absolute atomic E-state index is 0.00162. The predicted molar refractivity (Wildman–Crippen MR) is 165 cm³/mol. The van der Waals surface area contributed by atoms with Gasteiger partial charge in [-0.3, -0.25) is 9.44 Å². The molecule has 4 aromatic carbocycles. The second-order valence-corrected chi connectivity index (χ2v) is 12.5. The summed E-state index contributed by atoms with van der Waals surface area (Å²) >= 11 is 0. The second-order valence-electron chi connectivity index (χ2n) is 9.16. The number of ether oxygens (including phenoxy) is 2. The number of carbonyl (C=O) groups is 2. The number of anilines is 2. The molecule has 0 aliphatic heterocycles. The highest BCUT2D eigenvalue weighted by Gasteiger charge is 2.18. The van der Waals surface area contributed by atoms with E-state index in [0.717, 1.165) is 12.1 Å². The van der Waals surface area contributed by atoms with Gasteiger partial charge in [-0.15, -0.1) is 0 Å². The van der Waals surface area contributed by atoms with Crippen molar-refractivity contribution in [1.29, 1.82) is 0 Å². The van der Waals surface area contributed by atoms with Crippen LogP contribution < -0.4 is 18.9 Å². The lowest BCUT2D eigenvalue weighted by molar-refractivity contribution is 0.0683. The van der Waals surface area contributed by atoms with Gasteiger partial charge < -0.3 is 24.8 Å². The number of methoxy groups -OCH3 is 1. The SMILES string of the molecule is CCOc1ccc(S(=O)(=O)Nc2ccc(C)c(C(=O)O)c2)cc1.COc1ccc(S(=O)(=O)Nc2ccc(O)c(C(=O)O)c2)cc1. The topological polar surface area (TPSA) is 206 Å². The Morgan fingerprint density at radius 3 is 1.58 bits per heavy atom. The van der Waals surface area contributed by atoms with E-state index >= 15 is 0 Å². The molecular weight excluding hydrogens is 628 g/mol. The first-order valence-corrected chi connectivity index (χ1v) is 16.0. The number of aromatic carboxylic acids is 2. The number of rotatable bonds is 11. The minimum Gasteiger partial charge on any atom is -0.507 e. The molecule has 45 heavy (non-hydrogen) atoms. The van der Waals surface area contributed by atoms with Crippen molar-refractivity contribution in [3.63, 3.8) is 0 Å².